The maximum Gasteiger partial charge on any atom is 0.133 e. The number of benzene rings is 1. The van der Waals surface area contributed by atoms with Crippen LogP contribution in [0.5, 0.6) is 5.75 Å². The molecule has 2 rings (SSSR count). The number of rotatable bonds is 6. The second-order valence-electron chi connectivity index (χ2n) is 5.76. The van der Waals surface area contributed by atoms with Crippen LogP contribution in [0.15, 0.2) is 22.7 Å². The summed E-state index contributed by atoms with van der Waals surface area (Å²) < 4.78 is 12.1. The normalized spacial score (nSPS) is 18.7. The molecule has 19 heavy (non-hydrogen) atoms. The molecular formula is C15H22BrNO2. The molecule has 1 saturated heterocycles. The van der Waals surface area contributed by atoms with Gasteiger partial charge in [-0.1, -0.05) is 19.9 Å². The molecule has 1 aliphatic heterocycles. The summed E-state index contributed by atoms with van der Waals surface area (Å²) in [7, 11) is 0. The van der Waals surface area contributed by atoms with E-state index in [9.17, 15) is 0 Å². The summed E-state index contributed by atoms with van der Waals surface area (Å²) in [5.74, 6) is 1.38. The zero-order valence-electron chi connectivity index (χ0n) is 11.6. The fourth-order valence-electron chi connectivity index (χ4n) is 2.14. The highest BCUT2D eigenvalue weighted by atomic mass is 79.9. The molecule has 0 aliphatic carbocycles. The van der Waals surface area contributed by atoms with Crippen LogP contribution in [0.4, 0.5) is 0 Å². The molecule has 1 fully saturated rings. The van der Waals surface area contributed by atoms with Crippen molar-refractivity contribution in [3.8, 4) is 5.75 Å². The lowest BCUT2D eigenvalue weighted by atomic mass is 9.90. The van der Waals surface area contributed by atoms with Gasteiger partial charge in [-0.3, -0.25) is 0 Å². The van der Waals surface area contributed by atoms with E-state index >= 15 is 0 Å². The van der Waals surface area contributed by atoms with E-state index in [1.54, 1.807) is 0 Å². The maximum atomic E-state index is 5.89. The van der Waals surface area contributed by atoms with Gasteiger partial charge in [-0.05, 0) is 52.5 Å². The summed E-state index contributed by atoms with van der Waals surface area (Å²) in [6.45, 7) is 7.37. The molecular weight excluding hydrogens is 306 g/mol. The number of hydrogen-bond acceptors (Lipinski definition) is 3. The van der Waals surface area contributed by atoms with Crippen LogP contribution in [-0.2, 0) is 4.74 Å². The molecule has 1 unspecified atom stereocenters. The molecule has 106 valence electrons. The van der Waals surface area contributed by atoms with Crippen molar-refractivity contribution in [2.24, 2.45) is 11.1 Å². The maximum absolute atomic E-state index is 5.89. The van der Waals surface area contributed by atoms with Gasteiger partial charge < -0.3 is 15.2 Å². The van der Waals surface area contributed by atoms with E-state index in [0.717, 1.165) is 36.4 Å². The average Bonchev–Trinajstić information content (AvgIpc) is 2.35. The van der Waals surface area contributed by atoms with Crippen molar-refractivity contribution in [3.63, 3.8) is 0 Å². The molecule has 4 heteroatoms. The van der Waals surface area contributed by atoms with Crippen molar-refractivity contribution in [1.29, 1.82) is 0 Å². The van der Waals surface area contributed by atoms with Crippen molar-refractivity contribution in [1.82, 2.24) is 0 Å². The Hall–Kier alpha value is -0.580. The quantitative estimate of drug-likeness (QED) is 0.871. The van der Waals surface area contributed by atoms with Gasteiger partial charge in [0.05, 0.1) is 24.3 Å². The average molecular weight is 328 g/mol. The predicted molar refractivity (Wildman–Crippen MR) is 80.6 cm³/mol. The topological polar surface area (TPSA) is 44.5 Å². The van der Waals surface area contributed by atoms with E-state index in [1.807, 2.05) is 6.07 Å². The van der Waals surface area contributed by atoms with E-state index in [0.29, 0.717) is 12.5 Å². The van der Waals surface area contributed by atoms with Crippen LogP contribution in [0, 0.1) is 5.41 Å². The lowest BCUT2D eigenvalue weighted by molar-refractivity contribution is -0.120. The van der Waals surface area contributed by atoms with Crippen molar-refractivity contribution >= 4 is 15.9 Å². The molecule has 3 nitrogen and oxygen atoms in total. The Morgan fingerprint density at radius 1 is 1.47 bits per heavy atom. The smallest absolute Gasteiger partial charge is 0.133 e. The molecule has 1 atom stereocenters. The third-order valence-corrected chi connectivity index (χ3v) is 4.22. The minimum Gasteiger partial charge on any atom is -0.492 e. The largest absolute Gasteiger partial charge is 0.492 e. The number of halogens is 1. The second-order valence-corrected chi connectivity index (χ2v) is 6.61. The van der Waals surface area contributed by atoms with Gasteiger partial charge in [0.25, 0.3) is 0 Å². The highest BCUT2D eigenvalue weighted by Crippen LogP contribution is 2.33. The first-order valence-corrected chi connectivity index (χ1v) is 7.53. The lowest BCUT2D eigenvalue weighted by Crippen LogP contribution is -2.44. The summed E-state index contributed by atoms with van der Waals surface area (Å²) >= 11 is 3.59. The van der Waals surface area contributed by atoms with Gasteiger partial charge in [-0.15, -0.1) is 0 Å². The van der Waals surface area contributed by atoms with Gasteiger partial charge in [-0.2, -0.15) is 0 Å². The van der Waals surface area contributed by atoms with E-state index in [2.05, 4.69) is 41.9 Å². The molecule has 1 aromatic carbocycles. The Balaban J connectivity index is 1.98. The molecule has 0 bridgehead atoms. The van der Waals surface area contributed by atoms with Crippen LogP contribution in [0.25, 0.3) is 0 Å². The monoisotopic (exact) mass is 327 g/mol. The molecule has 1 heterocycles. The summed E-state index contributed by atoms with van der Waals surface area (Å²) in [5, 5.41) is 0. The van der Waals surface area contributed by atoms with Crippen molar-refractivity contribution in [3.05, 3.63) is 28.2 Å². The SMILES string of the molecule is CC(CCN)c1ccc(OCC2(C)COC2)c(Br)c1. The molecule has 1 aliphatic rings. The second kappa shape index (κ2) is 6.25. The van der Waals surface area contributed by atoms with Gasteiger partial charge >= 0.3 is 0 Å². The minimum atomic E-state index is 0.172. The number of hydrogen-bond donors (Lipinski definition) is 1. The van der Waals surface area contributed by atoms with Gasteiger partial charge in [0.1, 0.15) is 5.75 Å². The Morgan fingerprint density at radius 2 is 2.21 bits per heavy atom. The van der Waals surface area contributed by atoms with Gasteiger partial charge in [0.15, 0.2) is 0 Å². The van der Waals surface area contributed by atoms with Crippen LogP contribution >= 0.6 is 15.9 Å². The molecule has 2 N–H and O–H groups in total. The van der Waals surface area contributed by atoms with E-state index in [-0.39, 0.29) is 5.41 Å². The summed E-state index contributed by atoms with van der Waals surface area (Å²) in [5.41, 5.74) is 7.07. The highest BCUT2D eigenvalue weighted by Gasteiger charge is 2.34. The molecule has 0 spiro atoms. The molecule has 0 aromatic heterocycles. The van der Waals surface area contributed by atoms with Crippen LogP contribution < -0.4 is 10.5 Å². The van der Waals surface area contributed by atoms with Crippen LogP contribution in [0.1, 0.15) is 31.7 Å². The van der Waals surface area contributed by atoms with E-state index in [4.69, 9.17) is 15.2 Å². The molecule has 1 aromatic rings. The van der Waals surface area contributed by atoms with Crippen LogP contribution in [0.2, 0.25) is 0 Å². The molecule has 0 radical (unpaired) electrons. The van der Waals surface area contributed by atoms with Crippen LogP contribution in [-0.4, -0.2) is 26.4 Å². The fraction of sp³-hybridized carbons (Fsp3) is 0.600. The van der Waals surface area contributed by atoms with E-state index in [1.165, 1.54) is 5.56 Å². The van der Waals surface area contributed by atoms with Gasteiger partial charge in [0.2, 0.25) is 0 Å². The van der Waals surface area contributed by atoms with E-state index < -0.39 is 0 Å². The molecule has 0 amide bonds. The summed E-state index contributed by atoms with van der Waals surface area (Å²) in [4.78, 5) is 0. The standard InChI is InChI=1S/C15H22BrNO2/c1-11(5-6-17)12-3-4-14(13(16)7-12)19-10-15(2)8-18-9-15/h3-4,7,11H,5-6,8-10,17H2,1-2H3. The first-order valence-electron chi connectivity index (χ1n) is 6.74. The van der Waals surface area contributed by atoms with Crippen LogP contribution in [0.3, 0.4) is 0 Å². The third-order valence-electron chi connectivity index (χ3n) is 3.60. The lowest BCUT2D eigenvalue weighted by Gasteiger charge is -2.37. The van der Waals surface area contributed by atoms with Gasteiger partial charge in [-0.25, -0.2) is 0 Å². The van der Waals surface area contributed by atoms with Crippen molar-refractivity contribution in [2.75, 3.05) is 26.4 Å². The van der Waals surface area contributed by atoms with Gasteiger partial charge in [0, 0.05) is 5.41 Å². The predicted octanol–water partition coefficient (Wildman–Crippen LogP) is 3.32. The summed E-state index contributed by atoms with van der Waals surface area (Å²) in [6, 6.07) is 6.30. The molecule has 0 saturated carbocycles. The van der Waals surface area contributed by atoms with Crippen molar-refractivity contribution < 1.29 is 9.47 Å². The fourth-order valence-corrected chi connectivity index (χ4v) is 2.65. The Bertz CT molecular complexity index is 432. The number of nitrogens with two attached hydrogens (primary N) is 1. The minimum absolute atomic E-state index is 0.172. The Kier molecular flexibility index (Phi) is 4.87. The zero-order chi connectivity index (χ0) is 13.9. The zero-order valence-corrected chi connectivity index (χ0v) is 13.2. The first kappa shape index (κ1) is 14.8. The highest BCUT2D eigenvalue weighted by molar-refractivity contribution is 9.10. The number of ether oxygens (including phenoxy) is 2. The summed E-state index contributed by atoms with van der Waals surface area (Å²) in [6.07, 6.45) is 1.00. The first-order chi connectivity index (χ1) is 9.04. The Labute approximate surface area is 123 Å². The third kappa shape index (κ3) is 3.71. The van der Waals surface area contributed by atoms with Crippen molar-refractivity contribution in [2.45, 2.75) is 26.2 Å². The Morgan fingerprint density at radius 3 is 2.74 bits per heavy atom.